The van der Waals surface area contributed by atoms with Crippen molar-refractivity contribution in [2.24, 2.45) is 0 Å². The fourth-order valence-corrected chi connectivity index (χ4v) is 1.54. The van der Waals surface area contributed by atoms with Gasteiger partial charge in [-0.05, 0) is 30.7 Å². The van der Waals surface area contributed by atoms with Gasteiger partial charge in [-0.1, -0.05) is 30.4 Å². The molecule has 0 fully saturated rings. The Morgan fingerprint density at radius 3 is 2.72 bits per heavy atom. The van der Waals surface area contributed by atoms with Crippen molar-refractivity contribution in [1.82, 2.24) is 4.98 Å². The molecule has 0 saturated carbocycles. The Balaban J connectivity index is 2.12. The molecule has 0 atom stereocenters. The van der Waals surface area contributed by atoms with Gasteiger partial charge in [0.1, 0.15) is 0 Å². The summed E-state index contributed by atoms with van der Waals surface area (Å²) in [6.45, 7) is 1.94. The number of pyridine rings is 1. The molecular weight excluding hydrogens is 224 g/mol. The van der Waals surface area contributed by atoms with Gasteiger partial charge in [-0.2, -0.15) is 0 Å². The highest BCUT2D eigenvalue weighted by Gasteiger charge is 2.06. The molecule has 0 bridgehead atoms. The summed E-state index contributed by atoms with van der Waals surface area (Å²) < 4.78 is 0. The first-order valence-electron chi connectivity index (χ1n) is 5.70. The van der Waals surface area contributed by atoms with Crippen LogP contribution >= 0.6 is 0 Å². The molecule has 1 aliphatic carbocycles. The van der Waals surface area contributed by atoms with Crippen LogP contribution in [-0.2, 0) is 4.79 Å². The van der Waals surface area contributed by atoms with Gasteiger partial charge in [-0.15, -0.1) is 0 Å². The molecule has 1 amide bonds. The molecule has 0 aromatic carbocycles. The molecule has 1 heterocycles. The molecule has 3 heteroatoms. The molecule has 0 saturated heterocycles. The number of rotatable bonds is 2. The van der Waals surface area contributed by atoms with E-state index in [-0.39, 0.29) is 5.91 Å². The van der Waals surface area contributed by atoms with E-state index in [9.17, 15) is 4.79 Å². The minimum Gasteiger partial charge on any atom is -0.321 e. The van der Waals surface area contributed by atoms with E-state index in [1.807, 2.05) is 43.4 Å². The fourth-order valence-electron chi connectivity index (χ4n) is 1.54. The summed E-state index contributed by atoms with van der Waals surface area (Å²) in [4.78, 5) is 16.1. The van der Waals surface area contributed by atoms with E-state index >= 15 is 0 Å². The molecule has 1 aliphatic rings. The maximum atomic E-state index is 12.0. The summed E-state index contributed by atoms with van der Waals surface area (Å²) in [6.07, 6.45) is 16.3. The SMILES string of the molecule is Cc1cncc(NC(=O)C2=C/C=C\C=C/C=C\2)c1. The lowest BCUT2D eigenvalue weighted by Gasteiger charge is -2.06. The Hall–Kier alpha value is -2.42. The second-order valence-corrected chi connectivity index (χ2v) is 3.96. The lowest BCUT2D eigenvalue weighted by molar-refractivity contribution is -0.112. The van der Waals surface area contributed by atoms with E-state index in [2.05, 4.69) is 10.3 Å². The van der Waals surface area contributed by atoms with Crippen LogP contribution in [0.1, 0.15) is 5.56 Å². The van der Waals surface area contributed by atoms with Crippen molar-refractivity contribution in [3.63, 3.8) is 0 Å². The van der Waals surface area contributed by atoms with Crippen LogP contribution in [0.5, 0.6) is 0 Å². The van der Waals surface area contributed by atoms with Crippen LogP contribution in [0.25, 0.3) is 0 Å². The first-order chi connectivity index (χ1) is 8.75. The number of anilines is 1. The molecule has 90 valence electrons. The number of nitrogens with one attached hydrogen (secondary N) is 1. The molecule has 18 heavy (non-hydrogen) atoms. The number of aryl methyl sites for hydroxylation is 1. The molecule has 1 aromatic rings. The largest absolute Gasteiger partial charge is 0.321 e. The fraction of sp³-hybridized carbons (Fsp3) is 0.0667. The zero-order valence-electron chi connectivity index (χ0n) is 10.1. The number of aromatic nitrogens is 1. The van der Waals surface area contributed by atoms with Crippen molar-refractivity contribution in [2.45, 2.75) is 6.92 Å². The van der Waals surface area contributed by atoms with Crippen molar-refractivity contribution in [3.05, 3.63) is 72.1 Å². The highest BCUT2D eigenvalue weighted by atomic mass is 16.1. The minimum absolute atomic E-state index is 0.140. The van der Waals surface area contributed by atoms with Crippen molar-refractivity contribution in [1.29, 1.82) is 0 Å². The minimum atomic E-state index is -0.140. The number of hydrogen-bond acceptors (Lipinski definition) is 2. The second-order valence-electron chi connectivity index (χ2n) is 3.96. The van der Waals surface area contributed by atoms with Crippen LogP contribution in [0.15, 0.2) is 66.6 Å². The van der Waals surface area contributed by atoms with Crippen LogP contribution in [0.4, 0.5) is 5.69 Å². The van der Waals surface area contributed by atoms with Crippen LogP contribution in [-0.4, -0.2) is 10.9 Å². The Kier molecular flexibility index (Phi) is 3.86. The van der Waals surface area contributed by atoms with Crippen molar-refractivity contribution in [2.75, 3.05) is 5.32 Å². The van der Waals surface area contributed by atoms with Crippen LogP contribution in [0.2, 0.25) is 0 Å². The van der Waals surface area contributed by atoms with Crippen molar-refractivity contribution >= 4 is 11.6 Å². The molecule has 0 aliphatic heterocycles. The zero-order chi connectivity index (χ0) is 12.8. The van der Waals surface area contributed by atoms with Gasteiger partial charge in [0, 0.05) is 11.8 Å². The van der Waals surface area contributed by atoms with E-state index in [0.717, 1.165) is 5.56 Å². The van der Waals surface area contributed by atoms with Gasteiger partial charge in [-0.25, -0.2) is 0 Å². The topological polar surface area (TPSA) is 42.0 Å². The Morgan fingerprint density at radius 2 is 1.89 bits per heavy atom. The number of carbonyl (C=O) groups is 1. The van der Waals surface area contributed by atoms with Gasteiger partial charge in [0.05, 0.1) is 11.9 Å². The summed E-state index contributed by atoms with van der Waals surface area (Å²) in [6, 6.07) is 1.88. The summed E-state index contributed by atoms with van der Waals surface area (Å²) in [7, 11) is 0. The first-order valence-corrected chi connectivity index (χ1v) is 5.70. The molecule has 2 rings (SSSR count). The summed E-state index contributed by atoms with van der Waals surface area (Å²) >= 11 is 0. The molecule has 0 radical (unpaired) electrons. The molecule has 0 spiro atoms. The van der Waals surface area contributed by atoms with Crippen molar-refractivity contribution < 1.29 is 4.79 Å². The highest BCUT2D eigenvalue weighted by molar-refractivity contribution is 6.05. The number of nitrogens with zero attached hydrogens (tertiary/aromatic N) is 1. The highest BCUT2D eigenvalue weighted by Crippen LogP contribution is 2.10. The lowest BCUT2D eigenvalue weighted by atomic mass is 10.1. The van der Waals surface area contributed by atoms with Crippen LogP contribution < -0.4 is 5.32 Å². The van der Waals surface area contributed by atoms with E-state index in [1.54, 1.807) is 24.5 Å². The summed E-state index contributed by atoms with van der Waals surface area (Å²) in [5, 5.41) is 2.82. The predicted molar refractivity (Wildman–Crippen MR) is 73.1 cm³/mol. The second kappa shape index (κ2) is 5.77. The number of amides is 1. The molecule has 3 nitrogen and oxygen atoms in total. The first kappa shape index (κ1) is 12.0. The Morgan fingerprint density at radius 1 is 1.11 bits per heavy atom. The van der Waals surface area contributed by atoms with E-state index in [4.69, 9.17) is 0 Å². The third-order valence-electron chi connectivity index (χ3n) is 2.39. The van der Waals surface area contributed by atoms with Crippen LogP contribution in [0, 0.1) is 6.92 Å². The average Bonchev–Trinajstić information content (AvgIpc) is 2.28. The van der Waals surface area contributed by atoms with E-state index < -0.39 is 0 Å². The molecule has 1 aromatic heterocycles. The molecule has 0 unspecified atom stereocenters. The summed E-state index contributed by atoms with van der Waals surface area (Å²) in [5.41, 5.74) is 2.32. The van der Waals surface area contributed by atoms with Gasteiger partial charge >= 0.3 is 0 Å². The van der Waals surface area contributed by atoms with Gasteiger partial charge in [0.25, 0.3) is 5.91 Å². The standard InChI is InChI=1S/C15H14N2O/c1-12-9-14(11-16-10-12)17-15(18)13-7-5-3-2-4-6-8-13/h2-11H,1H3,(H,17,18)/b3-2-,4-2?,5-3?,6-4-,7-5-,8-6?,13-7?,13-8+. The lowest BCUT2D eigenvalue weighted by Crippen LogP contribution is -2.13. The summed E-state index contributed by atoms with van der Waals surface area (Å²) in [5.74, 6) is -0.140. The van der Waals surface area contributed by atoms with Gasteiger partial charge in [-0.3, -0.25) is 9.78 Å². The maximum Gasteiger partial charge on any atom is 0.255 e. The molecular formula is C15H14N2O. The normalized spacial score (nSPS) is 21.9. The van der Waals surface area contributed by atoms with Gasteiger partial charge in [0.15, 0.2) is 0 Å². The zero-order valence-corrected chi connectivity index (χ0v) is 10.1. The van der Waals surface area contributed by atoms with Crippen molar-refractivity contribution in [3.8, 4) is 0 Å². The number of allylic oxidation sites excluding steroid dienone is 6. The monoisotopic (exact) mass is 238 g/mol. The Labute approximate surface area is 106 Å². The van der Waals surface area contributed by atoms with Gasteiger partial charge in [0.2, 0.25) is 0 Å². The van der Waals surface area contributed by atoms with Gasteiger partial charge < -0.3 is 5.32 Å². The maximum absolute atomic E-state index is 12.0. The number of carbonyl (C=O) groups excluding carboxylic acids is 1. The average molecular weight is 238 g/mol. The van der Waals surface area contributed by atoms with Crippen LogP contribution in [0.3, 0.4) is 0 Å². The van der Waals surface area contributed by atoms with E-state index in [0.29, 0.717) is 11.3 Å². The third-order valence-corrected chi connectivity index (χ3v) is 2.39. The van der Waals surface area contributed by atoms with E-state index in [1.165, 1.54) is 0 Å². The number of hydrogen-bond donors (Lipinski definition) is 1. The molecule has 1 N–H and O–H groups in total. The third kappa shape index (κ3) is 3.28. The smallest absolute Gasteiger partial charge is 0.255 e. The quantitative estimate of drug-likeness (QED) is 0.860. The Bertz CT molecular complexity index is 566. The predicted octanol–water partition coefficient (Wildman–Crippen LogP) is 2.94.